The number of benzene rings is 1. The predicted octanol–water partition coefficient (Wildman–Crippen LogP) is 3.58. The number of alkyl carbamates (subject to hydrolysis) is 1. The van der Waals surface area contributed by atoms with E-state index in [1.54, 1.807) is 20.8 Å². The summed E-state index contributed by atoms with van der Waals surface area (Å²) in [5.41, 5.74) is -0.393. The first-order valence-corrected chi connectivity index (χ1v) is 7.45. The first-order valence-electron chi connectivity index (χ1n) is 7.45. The van der Waals surface area contributed by atoms with Crippen LogP contribution in [0.4, 0.5) is 13.6 Å². The maximum Gasteiger partial charge on any atom is 0.409 e. The van der Waals surface area contributed by atoms with Gasteiger partial charge in [0.2, 0.25) is 0 Å². The summed E-state index contributed by atoms with van der Waals surface area (Å²) in [4.78, 5) is 14.0. The van der Waals surface area contributed by atoms with Crippen molar-refractivity contribution in [3.05, 3.63) is 35.4 Å². The Balaban J connectivity index is 2.21. The van der Waals surface area contributed by atoms with E-state index in [2.05, 4.69) is 5.32 Å². The lowest BCUT2D eigenvalue weighted by Crippen LogP contribution is -2.42. The summed E-state index contributed by atoms with van der Waals surface area (Å²) < 4.78 is 32.4. The van der Waals surface area contributed by atoms with Gasteiger partial charge in [-0.3, -0.25) is 4.90 Å². The molecule has 0 radical (unpaired) electrons. The summed E-state index contributed by atoms with van der Waals surface area (Å²) in [7, 11) is 0. The van der Waals surface area contributed by atoms with E-state index >= 15 is 0 Å². The first kappa shape index (κ1) is 16.7. The summed E-state index contributed by atoms with van der Waals surface area (Å²) in [6, 6.07) is 3.39. The van der Waals surface area contributed by atoms with E-state index < -0.39 is 29.5 Å². The van der Waals surface area contributed by atoms with Crippen LogP contribution >= 0.6 is 0 Å². The molecule has 0 spiro atoms. The Morgan fingerprint density at radius 3 is 2.45 bits per heavy atom. The van der Waals surface area contributed by atoms with Crippen molar-refractivity contribution in [3.63, 3.8) is 0 Å². The molecular formula is C16H22F2N2O2. The molecule has 1 saturated heterocycles. The Morgan fingerprint density at radius 1 is 1.27 bits per heavy atom. The third-order valence-electron chi connectivity index (χ3n) is 3.42. The molecule has 0 aromatic heterocycles. The fourth-order valence-corrected chi connectivity index (χ4v) is 2.51. The molecule has 1 amide bonds. The highest BCUT2D eigenvalue weighted by Crippen LogP contribution is 2.26. The molecule has 1 aromatic carbocycles. The van der Waals surface area contributed by atoms with Gasteiger partial charge in [-0.1, -0.05) is 0 Å². The molecular weight excluding hydrogens is 290 g/mol. The van der Waals surface area contributed by atoms with E-state index in [4.69, 9.17) is 4.74 Å². The van der Waals surface area contributed by atoms with E-state index in [0.717, 1.165) is 32.0 Å². The maximum atomic E-state index is 14.1. The topological polar surface area (TPSA) is 41.6 Å². The molecule has 1 atom stereocenters. The van der Waals surface area contributed by atoms with Crippen molar-refractivity contribution in [3.8, 4) is 0 Å². The van der Waals surface area contributed by atoms with Crippen LogP contribution in [0.15, 0.2) is 18.2 Å². The van der Waals surface area contributed by atoms with Gasteiger partial charge in [0.25, 0.3) is 0 Å². The van der Waals surface area contributed by atoms with E-state index in [-0.39, 0.29) is 5.56 Å². The zero-order valence-electron chi connectivity index (χ0n) is 13.2. The molecule has 22 heavy (non-hydrogen) atoms. The van der Waals surface area contributed by atoms with E-state index in [1.807, 2.05) is 4.90 Å². The molecule has 1 aromatic rings. The second-order valence-electron chi connectivity index (χ2n) is 6.46. The van der Waals surface area contributed by atoms with Crippen LogP contribution in [0.5, 0.6) is 0 Å². The zero-order valence-corrected chi connectivity index (χ0v) is 13.2. The van der Waals surface area contributed by atoms with Crippen LogP contribution in [0.1, 0.15) is 45.3 Å². The number of amides is 1. The Bertz CT molecular complexity index is 537. The molecule has 0 aliphatic carbocycles. The van der Waals surface area contributed by atoms with E-state index in [1.165, 1.54) is 12.1 Å². The SMILES string of the molecule is CC(C)(C)OC(=O)N[C@@H](c1ccc(F)cc1F)N1CCCC1. The van der Waals surface area contributed by atoms with Gasteiger partial charge in [0.05, 0.1) is 0 Å². The number of ether oxygens (including phenoxy) is 1. The third-order valence-corrected chi connectivity index (χ3v) is 3.42. The summed E-state index contributed by atoms with van der Waals surface area (Å²) in [5, 5.41) is 2.69. The summed E-state index contributed by atoms with van der Waals surface area (Å²) in [6.07, 6.45) is 0.691. The Kier molecular flexibility index (Phi) is 5.01. The molecule has 2 rings (SSSR count). The largest absolute Gasteiger partial charge is 0.444 e. The van der Waals surface area contributed by atoms with Gasteiger partial charge >= 0.3 is 6.09 Å². The lowest BCUT2D eigenvalue weighted by atomic mass is 10.1. The molecule has 6 heteroatoms. The molecule has 1 heterocycles. The van der Waals surface area contributed by atoms with Crippen molar-refractivity contribution >= 4 is 6.09 Å². The lowest BCUT2D eigenvalue weighted by Gasteiger charge is -2.30. The molecule has 122 valence electrons. The van der Waals surface area contributed by atoms with Gasteiger partial charge in [-0.05, 0) is 45.7 Å². The molecule has 0 saturated carbocycles. The molecule has 0 unspecified atom stereocenters. The number of rotatable bonds is 3. The predicted molar refractivity (Wildman–Crippen MR) is 79.3 cm³/mol. The van der Waals surface area contributed by atoms with Crippen molar-refractivity contribution in [1.82, 2.24) is 10.2 Å². The number of halogens is 2. The second kappa shape index (κ2) is 6.60. The Morgan fingerprint density at radius 2 is 1.91 bits per heavy atom. The average molecular weight is 312 g/mol. The number of nitrogens with one attached hydrogen (secondary N) is 1. The van der Waals surface area contributed by atoms with Crippen molar-refractivity contribution in [2.75, 3.05) is 13.1 Å². The molecule has 1 N–H and O–H groups in total. The van der Waals surface area contributed by atoms with Crippen LogP contribution in [-0.2, 0) is 4.74 Å². The molecule has 4 nitrogen and oxygen atoms in total. The summed E-state index contributed by atoms with van der Waals surface area (Å²) >= 11 is 0. The third kappa shape index (κ3) is 4.40. The fourth-order valence-electron chi connectivity index (χ4n) is 2.51. The van der Waals surface area contributed by atoms with Crippen LogP contribution in [-0.4, -0.2) is 29.7 Å². The van der Waals surface area contributed by atoms with Crippen molar-refractivity contribution in [1.29, 1.82) is 0 Å². The van der Waals surface area contributed by atoms with E-state index in [9.17, 15) is 13.6 Å². The lowest BCUT2D eigenvalue weighted by molar-refractivity contribution is 0.0430. The Labute approximate surface area is 129 Å². The van der Waals surface area contributed by atoms with Gasteiger partial charge in [-0.25, -0.2) is 13.6 Å². The summed E-state index contributed by atoms with van der Waals surface area (Å²) in [6.45, 7) is 6.77. The van der Waals surface area contributed by atoms with Gasteiger partial charge in [-0.2, -0.15) is 0 Å². The molecule has 1 aliphatic rings. The summed E-state index contributed by atoms with van der Waals surface area (Å²) in [5.74, 6) is -1.31. The number of nitrogens with zero attached hydrogens (tertiary/aromatic N) is 1. The Hall–Kier alpha value is -1.69. The van der Waals surface area contributed by atoms with Crippen LogP contribution in [0.3, 0.4) is 0 Å². The highest BCUT2D eigenvalue weighted by Gasteiger charge is 2.29. The molecule has 0 bridgehead atoms. The van der Waals surface area contributed by atoms with E-state index in [0.29, 0.717) is 0 Å². The van der Waals surface area contributed by atoms with Crippen LogP contribution < -0.4 is 5.32 Å². The van der Waals surface area contributed by atoms with Gasteiger partial charge in [-0.15, -0.1) is 0 Å². The van der Waals surface area contributed by atoms with Crippen LogP contribution in [0.25, 0.3) is 0 Å². The minimum atomic E-state index is -0.673. The highest BCUT2D eigenvalue weighted by atomic mass is 19.1. The zero-order chi connectivity index (χ0) is 16.3. The fraction of sp³-hybridized carbons (Fsp3) is 0.562. The number of hydrogen-bond acceptors (Lipinski definition) is 3. The monoisotopic (exact) mass is 312 g/mol. The quantitative estimate of drug-likeness (QED) is 0.927. The van der Waals surface area contributed by atoms with Crippen molar-refractivity contribution in [2.24, 2.45) is 0 Å². The normalized spacial score (nSPS) is 17.3. The average Bonchev–Trinajstić information content (AvgIpc) is 2.88. The van der Waals surface area contributed by atoms with Gasteiger partial charge in [0.15, 0.2) is 0 Å². The minimum absolute atomic E-state index is 0.245. The number of carbonyl (C=O) groups excluding carboxylic acids is 1. The van der Waals surface area contributed by atoms with Crippen molar-refractivity contribution < 1.29 is 18.3 Å². The van der Waals surface area contributed by atoms with Crippen molar-refractivity contribution in [2.45, 2.75) is 45.4 Å². The minimum Gasteiger partial charge on any atom is -0.444 e. The molecule has 1 aliphatic heterocycles. The van der Waals surface area contributed by atoms with Crippen LogP contribution in [0, 0.1) is 11.6 Å². The van der Waals surface area contributed by atoms with Crippen LogP contribution in [0.2, 0.25) is 0 Å². The standard InChI is InChI=1S/C16H22F2N2O2/c1-16(2,3)22-15(21)19-14(20-8-4-5-9-20)12-7-6-11(17)10-13(12)18/h6-7,10,14H,4-5,8-9H2,1-3H3,(H,19,21)/t14-/m1/s1. The maximum absolute atomic E-state index is 14.1. The first-order chi connectivity index (χ1) is 10.3. The van der Waals surface area contributed by atoms with Gasteiger partial charge in [0, 0.05) is 24.7 Å². The number of hydrogen-bond donors (Lipinski definition) is 1. The number of carbonyl (C=O) groups is 1. The molecule has 1 fully saturated rings. The highest BCUT2D eigenvalue weighted by molar-refractivity contribution is 5.68. The number of likely N-dealkylation sites (tertiary alicyclic amines) is 1. The second-order valence-corrected chi connectivity index (χ2v) is 6.46. The smallest absolute Gasteiger partial charge is 0.409 e. The van der Waals surface area contributed by atoms with Gasteiger partial charge < -0.3 is 10.1 Å². The van der Waals surface area contributed by atoms with Gasteiger partial charge in [0.1, 0.15) is 23.4 Å².